The number of thioether (sulfide) groups is 1. The lowest BCUT2D eigenvalue weighted by Crippen LogP contribution is -1.82. The lowest BCUT2D eigenvalue weighted by atomic mass is 10.2. The van der Waals surface area contributed by atoms with Gasteiger partial charge in [0.25, 0.3) is 0 Å². The van der Waals surface area contributed by atoms with Crippen LogP contribution in [0.4, 0.5) is 5.69 Å². The maximum absolute atomic E-state index is 5.64. The van der Waals surface area contributed by atoms with E-state index in [0.29, 0.717) is 0 Å². The molecular weight excluding hydrogens is 182 g/mol. The van der Waals surface area contributed by atoms with Gasteiger partial charge < -0.3 is 10.2 Å². The minimum atomic E-state index is 0.748. The molecular formula is C10H11NOS. The van der Waals surface area contributed by atoms with Crippen LogP contribution in [0.1, 0.15) is 5.56 Å². The van der Waals surface area contributed by atoms with Gasteiger partial charge in [-0.2, -0.15) is 11.8 Å². The molecule has 0 saturated heterocycles. The molecule has 3 heteroatoms. The highest BCUT2D eigenvalue weighted by molar-refractivity contribution is 7.97. The summed E-state index contributed by atoms with van der Waals surface area (Å²) in [6, 6.07) is 5.78. The van der Waals surface area contributed by atoms with Gasteiger partial charge in [0.2, 0.25) is 0 Å². The quantitative estimate of drug-likeness (QED) is 0.745. The van der Waals surface area contributed by atoms with E-state index in [1.54, 1.807) is 18.0 Å². The van der Waals surface area contributed by atoms with Gasteiger partial charge in [0.05, 0.1) is 6.26 Å². The molecule has 0 amide bonds. The Balaban J connectivity index is 2.55. The van der Waals surface area contributed by atoms with E-state index in [0.717, 1.165) is 17.0 Å². The molecule has 0 unspecified atom stereocenters. The highest BCUT2D eigenvalue weighted by atomic mass is 32.2. The molecule has 0 radical (unpaired) electrons. The molecule has 2 rings (SSSR count). The zero-order valence-electron chi connectivity index (χ0n) is 7.41. The van der Waals surface area contributed by atoms with Crippen LogP contribution in [0, 0.1) is 0 Å². The zero-order valence-corrected chi connectivity index (χ0v) is 8.23. The van der Waals surface area contributed by atoms with Crippen LogP contribution < -0.4 is 5.73 Å². The fraction of sp³-hybridized carbons (Fsp3) is 0.200. The second-order valence-electron chi connectivity index (χ2n) is 2.95. The molecule has 1 heterocycles. The summed E-state index contributed by atoms with van der Waals surface area (Å²) in [7, 11) is 0. The predicted octanol–water partition coefficient (Wildman–Crippen LogP) is 2.88. The lowest BCUT2D eigenvalue weighted by molar-refractivity contribution is 0.613. The first-order valence-electron chi connectivity index (χ1n) is 4.06. The van der Waals surface area contributed by atoms with Gasteiger partial charge >= 0.3 is 0 Å². The summed E-state index contributed by atoms with van der Waals surface area (Å²) < 4.78 is 5.39. The summed E-state index contributed by atoms with van der Waals surface area (Å²) in [5.41, 5.74) is 8.51. The Morgan fingerprint density at radius 2 is 2.31 bits per heavy atom. The minimum absolute atomic E-state index is 0.748. The van der Waals surface area contributed by atoms with Crippen LogP contribution in [-0.4, -0.2) is 6.26 Å². The maximum Gasteiger partial charge on any atom is 0.136 e. The van der Waals surface area contributed by atoms with Gasteiger partial charge in [-0.05, 0) is 18.4 Å². The molecule has 0 atom stereocenters. The van der Waals surface area contributed by atoms with E-state index in [9.17, 15) is 0 Å². The molecule has 2 aromatic rings. The molecule has 0 fully saturated rings. The number of nitrogen functional groups attached to an aromatic ring is 1. The third kappa shape index (κ3) is 1.52. The van der Waals surface area contributed by atoms with Crippen LogP contribution >= 0.6 is 11.8 Å². The van der Waals surface area contributed by atoms with E-state index < -0.39 is 0 Å². The van der Waals surface area contributed by atoms with Crippen LogP contribution in [0.3, 0.4) is 0 Å². The second-order valence-corrected chi connectivity index (χ2v) is 3.82. The van der Waals surface area contributed by atoms with E-state index in [-0.39, 0.29) is 0 Å². The van der Waals surface area contributed by atoms with Gasteiger partial charge in [0.1, 0.15) is 5.58 Å². The summed E-state index contributed by atoms with van der Waals surface area (Å²) in [5.74, 6) is 0.983. The van der Waals surface area contributed by atoms with Crippen molar-refractivity contribution >= 4 is 28.4 Å². The van der Waals surface area contributed by atoms with Crippen LogP contribution in [0.25, 0.3) is 11.0 Å². The van der Waals surface area contributed by atoms with Crippen LogP contribution in [0.2, 0.25) is 0 Å². The summed E-state index contributed by atoms with van der Waals surface area (Å²) in [4.78, 5) is 0. The fourth-order valence-corrected chi connectivity index (χ4v) is 1.90. The van der Waals surface area contributed by atoms with E-state index in [1.165, 1.54) is 10.9 Å². The van der Waals surface area contributed by atoms with Crippen LogP contribution in [0.15, 0.2) is 28.9 Å². The number of nitrogens with two attached hydrogens (primary N) is 1. The monoisotopic (exact) mass is 193 g/mol. The Labute approximate surface area is 81.1 Å². The first-order chi connectivity index (χ1) is 6.31. The molecule has 1 aromatic heterocycles. The maximum atomic E-state index is 5.64. The van der Waals surface area contributed by atoms with Crippen molar-refractivity contribution in [2.24, 2.45) is 0 Å². The molecule has 0 aliphatic rings. The summed E-state index contributed by atoms with van der Waals surface area (Å²) in [5, 5.41) is 1.17. The van der Waals surface area contributed by atoms with Crippen molar-refractivity contribution in [2.45, 2.75) is 5.75 Å². The number of furan rings is 1. The molecule has 0 aliphatic carbocycles. The van der Waals surface area contributed by atoms with E-state index >= 15 is 0 Å². The average molecular weight is 193 g/mol. The molecule has 1 aromatic carbocycles. The number of fused-ring (bicyclic) bond motifs is 1. The largest absolute Gasteiger partial charge is 0.464 e. The Kier molecular flexibility index (Phi) is 2.19. The Hall–Kier alpha value is -1.09. The standard InChI is InChI=1S/C10H11NOS/c1-13-6-7-5-12-10-4-8(11)2-3-9(7)10/h2-5H,6,11H2,1H3. The molecule has 0 aliphatic heterocycles. The molecule has 13 heavy (non-hydrogen) atoms. The molecule has 68 valence electrons. The zero-order chi connectivity index (χ0) is 9.26. The topological polar surface area (TPSA) is 39.2 Å². The highest BCUT2D eigenvalue weighted by Crippen LogP contribution is 2.25. The first-order valence-corrected chi connectivity index (χ1v) is 5.45. The van der Waals surface area contributed by atoms with Crippen molar-refractivity contribution in [3.8, 4) is 0 Å². The summed E-state index contributed by atoms with van der Waals surface area (Å²) in [6.45, 7) is 0. The normalized spacial score (nSPS) is 10.8. The number of hydrogen-bond donors (Lipinski definition) is 1. The number of hydrogen-bond acceptors (Lipinski definition) is 3. The van der Waals surface area contributed by atoms with Crippen molar-refractivity contribution in [3.63, 3.8) is 0 Å². The van der Waals surface area contributed by atoms with Crippen molar-refractivity contribution in [1.82, 2.24) is 0 Å². The molecule has 0 spiro atoms. The lowest BCUT2D eigenvalue weighted by Gasteiger charge is -1.94. The Morgan fingerprint density at radius 3 is 3.08 bits per heavy atom. The second kappa shape index (κ2) is 3.34. The van der Waals surface area contributed by atoms with Gasteiger partial charge in [-0.1, -0.05) is 0 Å². The van der Waals surface area contributed by atoms with Crippen molar-refractivity contribution in [1.29, 1.82) is 0 Å². The number of rotatable bonds is 2. The van der Waals surface area contributed by atoms with Gasteiger partial charge in [0.15, 0.2) is 0 Å². The van der Waals surface area contributed by atoms with Crippen molar-refractivity contribution < 1.29 is 4.42 Å². The van der Waals surface area contributed by atoms with Gasteiger partial charge in [-0.15, -0.1) is 0 Å². The van der Waals surface area contributed by atoms with E-state index in [4.69, 9.17) is 10.2 Å². The molecule has 2 N–H and O–H groups in total. The van der Waals surface area contributed by atoms with Gasteiger partial charge in [0, 0.05) is 28.5 Å². The van der Waals surface area contributed by atoms with Crippen LogP contribution in [0.5, 0.6) is 0 Å². The Morgan fingerprint density at radius 1 is 1.46 bits per heavy atom. The molecule has 0 saturated carbocycles. The van der Waals surface area contributed by atoms with E-state index in [2.05, 4.69) is 6.26 Å². The minimum Gasteiger partial charge on any atom is -0.464 e. The smallest absolute Gasteiger partial charge is 0.136 e. The number of benzene rings is 1. The summed E-state index contributed by atoms with van der Waals surface area (Å²) >= 11 is 1.79. The van der Waals surface area contributed by atoms with E-state index in [1.807, 2.05) is 18.2 Å². The first kappa shape index (κ1) is 8.51. The predicted molar refractivity (Wildman–Crippen MR) is 57.8 cm³/mol. The van der Waals surface area contributed by atoms with Gasteiger partial charge in [-0.25, -0.2) is 0 Å². The third-order valence-corrected chi connectivity index (χ3v) is 2.58. The van der Waals surface area contributed by atoms with Gasteiger partial charge in [-0.3, -0.25) is 0 Å². The SMILES string of the molecule is CSCc1coc2cc(N)ccc12. The van der Waals surface area contributed by atoms with Crippen LogP contribution in [-0.2, 0) is 5.75 Å². The fourth-order valence-electron chi connectivity index (χ4n) is 1.37. The Bertz CT molecular complexity index is 422. The van der Waals surface area contributed by atoms with Crippen molar-refractivity contribution in [3.05, 3.63) is 30.0 Å². The third-order valence-electron chi connectivity index (χ3n) is 1.98. The highest BCUT2D eigenvalue weighted by Gasteiger charge is 2.04. The number of anilines is 1. The summed E-state index contributed by atoms with van der Waals surface area (Å²) in [6.07, 6.45) is 3.89. The molecule has 2 nitrogen and oxygen atoms in total. The molecule has 0 bridgehead atoms. The average Bonchev–Trinajstić information content (AvgIpc) is 2.49. The van der Waals surface area contributed by atoms with Crippen molar-refractivity contribution in [2.75, 3.05) is 12.0 Å².